The van der Waals surface area contributed by atoms with Crippen LogP contribution < -0.4 is 5.32 Å². The van der Waals surface area contributed by atoms with Crippen molar-refractivity contribution in [1.29, 1.82) is 0 Å². The number of nitrogens with zero attached hydrogens (tertiary/aromatic N) is 2. The summed E-state index contributed by atoms with van der Waals surface area (Å²) in [5, 5.41) is 3.21. The van der Waals surface area contributed by atoms with E-state index in [4.69, 9.17) is 4.42 Å². The number of hydrogen-bond acceptors (Lipinski definition) is 5. The number of nitrogens with one attached hydrogen (secondary N) is 1. The zero-order valence-electron chi connectivity index (χ0n) is 12.6. The number of thioether (sulfide) groups is 1. The molecule has 2 aromatic heterocycles. The van der Waals surface area contributed by atoms with Crippen LogP contribution in [-0.2, 0) is 11.3 Å². The first kappa shape index (κ1) is 15.6. The van der Waals surface area contributed by atoms with Crippen LogP contribution in [-0.4, -0.2) is 21.1 Å². The Labute approximate surface area is 128 Å². The molecule has 5 nitrogen and oxygen atoms in total. The third kappa shape index (κ3) is 4.07. The van der Waals surface area contributed by atoms with Crippen LogP contribution in [0.2, 0.25) is 0 Å². The molecule has 0 aromatic carbocycles. The van der Waals surface area contributed by atoms with Crippen LogP contribution in [0.15, 0.2) is 28.0 Å². The SMILES string of the molecule is Cc1nc(S[C@H](C)C(=O)NCc2ccco2)nc(C)c1C. The Morgan fingerprint density at radius 1 is 1.33 bits per heavy atom. The number of amides is 1. The van der Waals surface area contributed by atoms with Gasteiger partial charge in [0.05, 0.1) is 18.1 Å². The van der Waals surface area contributed by atoms with Gasteiger partial charge < -0.3 is 9.73 Å². The number of carbonyl (C=O) groups is 1. The Kier molecular flexibility index (Phi) is 5.01. The maximum absolute atomic E-state index is 12.1. The van der Waals surface area contributed by atoms with Gasteiger partial charge in [0.25, 0.3) is 0 Å². The molecule has 0 aliphatic rings. The highest BCUT2D eigenvalue weighted by Crippen LogP contribution is 2.21. The first-order valence-corrected chi connectivity index (χ1v) is 7.64. The second kappa shape index (κ2) is 6.76. The quantitative estimate of drug-likeness (QED) is 0.679. The van der Waals surface area contributed by atoms with Gasteiger partial charge in [-0.15, -0.1) is 0 Å². The molecule has 1 N–H and O–H groups in total. The van der Waals surface area contributed by atoms with E-state index in [0.717, 1.165) is 22.7 Å². The lowest BCUT2D eigenvalue weighted by atomic mass is 10.2. The fourth-order valence-corrected chi connectivity index (χ4v) is 2.62. The second-order valence-corrected chi connectivity index (χ2v) is 6.17. The predicted molar refractivity (Wildman–Crippen MR) is 82.1 cm³/mol. The molecule has 1 amide bonds. The normalized spacial score (nSPS) is 12.2. The topological polar surface area (TPSA) is 68.0 Å². The summed E-state index contributed by atoms with van der Waals surface area (Å²) in [5.74, 6) is 0.676. The number of aromatic nitrogens is 2. The smallest absolute Gasteiger partial charge is 0.233 e. The highest BCUT2D eigenvalue weighted by Gasteiger charge is 2.17. The number of aryl methyl sites for hydroxylation is 2. The summed E-state index contributed by atoms with van der Waals surface area (Å²) in [6.45, 7) is 8.14. The Morgan fingerprint density at radius 3 is 2.57 bits per heavy atom. The maximum Gasteiger partial charge on any atom is 0.233 e. The van der Waals surface area contributed by atoms with Crippen molar-refractivity contribution < 1.29 is 9.21 Å². The lowest BCUT2D eigenvalue weighted by Gasteiger charge is -2.12. The van der Waals surface area contributed by atoms with Crippen LogP contribution in [0.1, 0.15) is 29.6 Å². The summed E-state index contributed by atoms with van der Waals surface area (Å²) in [5.41, 5.74) is 3.00. The van der Waals surface area contributed by atoms with E-state index in [9.17, 15) is 4.79 Å². The van der Waals surface area contributed by atoms with Crippen LogP contribution in [0.5, 0.6) is 0 Å². The van der Waals surface area contributed by atoms with Crippen LogP contribution in [0.3, 0.4) is 0 Å². The molecular weight excluding hydrogens is 286 g/mol. The van der Waals surface area contributed by atoms with Crippen molar-refractivity contribution in [1.82, 2.24) is 15.3 Å². The number of carbonyl (C=O) groups excluding carboxylic acids is 1. The van der Waals surface area contributed by atoms with Gasteiger partial charge >= 0.3 is 0 Å². The van der Waals surface area contributed by atoms with Crippen molar-refractivity contribution in [3.05, 3.63) is 41.1 Å². The molecule has 0 unspecified atom stereocenters. The van der Waals surface area contributed by atoms with Crippen LogP contribution >= 0.6 is 11.8 Å². The Morgan fingerprint density at radius 2 is 2.00 bits per heavy atom. The number of hydrogen-bond donors (Lipinski definition) is 1. The lowest BCUT2D eigenvalue weighted by Crippen LogP contribution is -2.30. The highest BCUT2D eigenvalue weighted by atomic mass is 32.2. The van der Waals surface area contributed by atoms with E-state index in [2.05, 4.69) is 15.3 Å². The molecule has 1 atom stereocenters. The van der Waals surface area contributed by atoms with E-state index in [-0.39, 0.29) is 11.2 Å². The largest absolute Gasteiger partial charge is 0.467 e. The van der Waals surface area contributed by atoms with E-state index < -0.39 is 0 Å². The summed E-state index contributed by atoms with van der Waals surface area (Å²) in [4.78, 5) is 20.9. The fourth-order valence-electron chi connectivity index (χ4n) is 1.74. The van der Waals surface area contributed by atoms with E-state index >= 15 is 0 Å². The Hall–Kier alpha value is -1.82. The molecule has 2 rings (SSSR count). The third-order valence-corrected chi connectivity index (χ3v) is 4.24. The Bertz CT molecular complexity index is 603. The van der Waals surface area contributed by atoms with E-state index in [1.54, 1.807) is 12.3 Å². The minimum absolute atomic E-state index is 0.0594. The molecule has 21 heavy (non-hydrogen) atoms. The van der Waals surface area contributed by atoms with Gasteiger partial charge in [-0.3, -0.25) is 4.79 Å². The minimum atomic E-state index is -0.263. The summed E-state index contributed by atoms with van der Waals surface area (Å²) in [6, 6.07) is 3.62. The standard InChI is InChI=1S/C15H19N3O2S/c1-9-10(2)17-15(18-11(9)3)21-12(4)14(19)16-8-13-6-5-7-20-13/h5-7,12H,8H2,1-4H3,(H,16,19)/t12-/m1/s1. The second-order valence-electron chi connectivity index (χ2n) is 4.86. The van der Waals surface area contributed by atoms with Gasteiger partial charge in [0.15, 0.2) is 5.16 Å². The van der Waals surface area contributed by atoms with Crippen molar-refractivity contribution >= 4 is 17.7 Å². The Balaban J connectivity index is 1.94. The molecule has 6 heteroatoms. The number of rotatable bonds is 5. The van der Waals surface area contributed by atoms with Crippen molar-refractivity contribution in [2.75, 3.05) is 0 Å². The molecular formula is C15H19N3O2S. The summed E-state index contributed by atoms with van der Waals surface area (Å²) < 4.78 is 5.18. The van der Waals surface area contributed by atoms with Crippen LogP contribution in [0, 0.1) is 20.8 Å². The van der Waals surface area contributed by atoms with Crippen LogP contribution in [0.25, 0.3) is 0 Å². The zero-order valence-corrected chi connectivity index (χ0v) is 13.5. The molecule has 0 fully saturated rings. The first-order chi connectivity index (χ1) is 9.97. The van der Waals surface area contributed by atoms with Crippen molar-refractivity contribution in [2.24, 2.45) is 0 Å². The van der Waals surface area contributed by atoms with E-state index in [1.807, 2.05) is 33.8 Å². The van der Waals surface area contributed by atoms with E-state index in [1.165, 1.54) is 11.8 Å². The molecule has 0 spiro atoms. The third-order valence-electron chi connectivity index (χ3n) is 3.28. The molecule has 2 aromatic rings. The van der Waals surface area contributed by atoms with E-state index in [0.29, 0.717) is 11.7 Å². The molecule has 0 aliphatic heterocycles. The molecule has 0 radical (unpaired) electrons. The van der Waals surface area contributed by atoms with Gasteiger partial charge in [0.2, 0.25) is 5.91 Å². The zero-order chi connectivity index (χ0) is 15.4. The van der Waals surface area contributed by atoms with Gasteiger partial charge in [0.1, 0.15) is 5.76 Å². The monoisotopic (exact) mass is 305 g/mol. The molecule has 0 saturated heterocycles. The maximum atomic E-state index is 12.1. The van der Waals surface area contributed by atoms with Gasteiger partial charge in [-0.05, 0) is 45.4 Å². The fraction of sp³-hybridized carbons (Fsp3) is 0.400. The summed E-state index contributed by atoms with van der Waals surface area (Å²) in [6.07, 6.45) is 1.59. The van der Waals surface area contributed by atoms with Crippen molar-refractivity contribution in [3.63, 3.8) is 0 Å². The molecule has 0 saturated carbocycles. The summed E-state index contributed by atoms with van der Waals surface area (Å²) in [7, 11) is 0. The lowest BCUT2D eigenvalue weighted by molar-refractivity contribution is -0.120. The summed E-state index contributed by atoms with van der Waals surface area (Å²) >= 11 is 1.36. The molecule has 2 heterocycles. The van der Waals surface area contributed by atoms with Crippen molar-refractivity contribution in [3.8, 4) is 0 Å². The van der Waals surface area contributed by atoms with Crippen molar-refractivity contribution in [2.45, 2.75) is 44.6 Å². The number of furan rings is 1. The average molecular weight is 305 g/mol. The molecule has 0 bridgehead atoms. The van der Waals surface area contributed by atoms with Gasteiger partial charge in [-0.25, -0.2) is 9.97 Å². The average Bonchev–Trinajstić information content (AvgIpc) is 2.95. The van der Waals surface area contributed by atoms with Gasteiger partial charge in [-0.1, -0.05) is 11.8 Å². The molecule has 112 valence electrons. The first-order valence-electron chi connectivity index (χ1n) is 6.76. The van der Waals surface area contributed by atoms with Crippen LogP contribution in [0.4, 0.5) is 0 Å². The van der Waals surface area contributed by atoms with Gasteiger partial charge in [-0.2, -0.15) is 0 Å². The van der Waals surface area contributed by atoms with Gasteiger partial charge in [0, 0.05) is 11.4 Å². The highest BCUT2D eigenvalue weighted by molar-refractivity contribution is 8.00. The molecule has 0 aliphatic carbocycles. The predicted octanol–water partition coefficient (Wildman–Crippen LogP) is 2.79. The minimum Gasteiger partial charge on any atom is -0.467 e.